The average molecular weight is 225 g/mol. The SMILES string of the molecule is Cc1ccc(N)c(SCCCC(=O)O)c1. The molecule has 1 rings (SSSR count). The van der Waals surface area contributed by atoms with Crippen LogP contribution < -0.4 is 5.73 Å². The van der Waals surface area contributed by atoms with E-state index in [1.165, 1.54) is 5.56 Å². The van der Waals surface area contributed by atoms with E-state index in [1.54, 1.807) is 11.8 Å². The third kappa shape index (κ3) is 4.25. The van der Waals surface area contributed by atoms with Gasteiger partial charge in [-0.2, -0.15) is 0 Å². The molecule has 0 heterocycles. The highest BCUT2D eigenvalue weighted by molar-refractivity contribution is 7.99. The Morgan fingerprint density at radius 2 is 2.27 bits per heavy atom. The van der Waals surface area contributed by atoms with Crippen molar-refractivity contribution in [2.75, 3.05) is 11.5 Å². The van der Waals surface area contributed by atoms with Crippen molar-refractivity contribution in [1.82, 2.24) is 0 Å². The van der Waals surface area contributed by atoms with Crippen LogP contribution in [0.4, 0.5) is 5.69 Å². The summed E-state index contributed by atoms with van der Waals surface area (Å²) in [6, 6.07) is 5.88. The number of rotatable bonds is 5. The van der Waals surface area contributed by atoms with Gasteiger partial charge in [0, 0.05) is 17.0 Å². The molecule has 0 atom stereocenters. The molecule has 3 N–H and O–H groups in total. The standard InChI is InChI=1S/C11H15NO2S/c1-8-4-5-9(12)10(7-8)15-6-2-3-11(13)14/h4-5,7H,2-3,6,12H2,1H3,(H,13,14). The number of nitrogens with two attached hydrogens (primary N) is 1. The lowest BCUT2D eigenvalue weighted by atomic mass is 10.2. The predicted molar refractivity (Wildman–Crippen MR) is 63.2 cm³/mol. The van der Waals surface area contributed by atoms with Crippen LogP contribution in [0, 0.1) is 6.92 Å². The van der Waals surface area contributed by atoms with Gasteiger partial charge in [-0.05, 0) is 36.8 Å². The number of nitrogen functional groups attached to an aromatic ring is 1. The van der Waals surface area contributed by atoms with E-state index >= 15 is 0 Å². The third-order valence-electron chi connectivity index (χ3n) is 1.96. The van der Waals surface area contributed by atoms with E-state index in [4.69, 9.17) is 10.8 Å². The molecule has 0 aliphatic carbocycles. The number of carboxylic acids is 1. The second-order valence-electron chi connectivity index (χ2n) is 3.39. The average Bonchev–Trinajstić information content (AvgIpc) is 2.17. The molecule has 0 amide bonds. The number of hydrogen-bond acceptors (Lipinski definition) is 3. The normalized spacial score (nSPS) is 10.2. The van der Waals surface area contributed by atoms with Crippen LogP contribution in [0.1, 0.15) is 18.4 Å². The number of aryl methyl sites for hydroxylation is 1. The molecule has 0 saturated heterocycles. The van der Waals surface area contributed by atoms with Crippen molar-refractivity contribution in [2.45, 2.75) is 24.7 Å². The van der Waals surface area contributed by atoms with E-state index in [-0.39, 0.29) is 6.42 Å². The number of hydrogen-bond donors (Lipinski definition) is 2. The van der Waals surface area contributed by atoms with Crippen LogP contribution in [-0.2, 0) is 4.79 Å². The van der Waals surface area contributed by atoms with Crippen molar-refractivity contribution >= 4 is 23.4 Å². The smallest absolute Gasteiger partial charge is 0.303 e. The van der Waals surface area contributed by atoms with E-state index in [0.29, 0.717) is 6.42 Å². The Kier molecular flexibility index (Phi) is 4.49. The first-order valence-electron chi connectivity index (χ1n) is 4.80. The van der Waals surface area contributed by atoms with Gasteiger partial charge in [-0.1, -0.05) is 6.07 Å². The number of carbonyl (C=O) groups is 1. The second kappa shape index (κ2) is 5.66. The zero-order valence-electron chi connectivity index (χ0n) is 8.69. The van der Waals surface area contributed by atoms with Gasteiger partial charge < -0.3 is 10.8 Å². The first-order chi connectivity index (χ1) is 7.09. The van der Waals surface area contributed by atoms with Gasteiger partial charge in [0.05, 0.1) is 0 Å². The Morgan fingerprint density at radius 3 is 2.93 bits per heavy atom. The van der Waals surface area contributed by atoms with E-state index in [0.717, 1.165) is 16.3 Å². The molecule has 0 radical (unpaired) electrons. The molecule has 15 heavy (non-hydrogen) atoms. The summed E-state index contributed by atoms with van der Waals surface area (Å²) in [6.07, 6.45) is 0.895. The van der Waals surface area contributed by atoms with Crippen molar-refractivity contribution < 1.29 is 9.90 Å². The molecule has 0 aromatic heterocycles. The Morgan fingerprint density at radius 1 is 1.53 bits per heavy atom. The summed E-state index contributed by atoms with van der Waals surface area (Å²) in [5.74, 6) is 0.0489. The van der Waals surface area contributed by atoms with Crippen molar-refractivity contribution in [2.24, 2.45) is 0 Å². The number of anilines is 1. The van der Waals surface area contributed by atoms with Gasteiger partial charge in [-0.3, -0.25) is 4.79 Å². The highest BCUT2D eigenvalue weighted by Crippen LogP contribution is 2.26. The van der Waals surface area contributed by atoms with Crippen LogP contribution in [0.15, 0.2) is 23.1 Å². The number of carboxylic acid groups (broad SMARTS) is 1. The molecule has 0 aliphatic rings. The number of benzene rings is 1. The lowest BCUT2D eigenvalue weighted by Crippen LogP contribution is -1.95. The Bertz CT molecular complexity index is 352. The molecule has 82 valence electrons. The molecule has 0 unspecified atom stereocenters. The Balaban J connectivity index is 2.43. The zero-order chi connectivity index (χ0) is 11.3. The highest BCUT2D eigenvalue weighted by Gasteiger charge is 2.01. The minimum atomic E-state index is -0.743. The fourth-order valence-corrected chi connectivity index (χ4v) is 2.18. The van der Waals surface area contributed by atoms with E-state index in [9.17, 15) is 4.79 Å². The largest absolute Gasteiger partial charge is 0.481 e. The molecule has 1 aromatic rings. The first-order valence-corrected chi connectivity index (χ1v) is 5.79. The number of thioether (sulfide) groups is 1. The van der Waals surface area contributed by atoms with Crippen molar-refractivity contribution in [3.05, 3.63) is 23.8 Å². The monoisotopic (exact) mass is 225 g/mol. The van der Waals surface area contributed by atoms with Crippen LogP contribution in [0.5, 0.6) is 0 Å². The number of aliphatic carboxylic acids is 1. The van der Waals surface area contributed by atoms with Gasteiger partial charge in [0.2, 0.25) is 0 Å². The van der Waals surface area contributed by atoms with Gasteiger partial charge in [-0.15, -0.1) is 11.8 Å². The molecule has 4 heteroatoms. The van der Waals surface area contributed by atoms with Gasteiger partial charge in [0.25, 0.3) is 0 Å². The Hall–Kier alpha value is -1.16. The lowest BCUT2D eigenvalue weighted by molar-refractivity contribution is -0.137. The van der Waals surface area contributed by atoms with Gasteiger partial charge in [0.1, 0.15) is 0 Å². The maximum Gasteiger partial charge on any atom is 0.303 e. The molecule has 0 aliphatic heterocycles. The topological polar surface area (TPSA) is 63.3 Å². The van der Waals surface area contributed by atoms with E-state index in [2.05, 4.69) is 0 Å². The molecule has 0 fully saturated rings. The summed E-state index contributed by atoms with van der Waals surface area (Å²) in [6.45, 7) is 2.01. The van der Waals surface area contributed by atoms with Crippen LogP contribution >= 0.6 is 11.8 Å². The summed E-state index contributed by atoms with van der Waals surface area (Å²) in [4.78, 5) is 11.3. The molecule has 1 aromatic carbocycles. The summed E-state index contributed by atoms with van der Waals surface area (Å²) in [7, 11) is 0. The predicted octanol–water partition coefficient (Wildman–Crippen LogP) is 2.53. The molecule has 0 spiro atoms. The van der Waals surface area contributed by atoms with Crippen LogP contribution in [0.2, 0.25) is 0 Å². The van der Waals surface area contributed by atoms with Gasteiger partial charge >= 0.3 is 5.97 Å². The lowest BCUT2D eigenvalue weighted by Gasteiger charge is -2.05. The van der Waals surface area contributed by atoms with Crippen molar-refractivity contribution in [3.63, 3.8) is 0 Å². The van der Waals surface area contributed by atoms with Gasteiger partial charge in [0.15, 0.2) is 0 Å². The van der Waals surface area contributed by atoms with Crippen LogP contribution in [-0.4, -0.2) is 16.8 Å². The Labute approximate surface area is 93.7 Å². The van der Waals surface area contributed by atoms with Crippen molar-refractivity contribution in [3.8, 4) is 0 Å². The quantitative estimate of drug-likeness (QED) is 0.459. The summed E-state index contributed by atoms with van der Waals surface area (Å²) in [5, 5.41) is 8.48. The fourth-order valence-electron chi connectivity index (χ4n) is 1.17. The molecular formula is C11H15NO2S. The minimum absolute atomic E-state index is 0.221. The molecule has 0 saturated carbocycles. The second-order valence-corrected chi connectivity index (χ2v) is 4.52. The molecule has 3 nitrogen and oxygen atoms in total. The van der Waals surface area contributed by atoms with Gasteiger partial charge in [-0.25, -0.2) is 0 Å². The highest BCUT2D eigenvalue weighted by atomic mass is 32.2. The maximum atomic E-state index is 10.3. The fraction of sp³-hybridized carbons (Fsp3) is 0.364. The van der Waals surface area contributed by atoms with Crippen LogP contribution in [0.3, 0.4) is 0 Å². The van der Waals surface area contributed by atoms with E-state index < -0.39 is 5.97 Å². The zero-order valence-corrected chi connectivity index (χ0v) is 9.51. The minimum Gasteiger partial charge on any atom is -0.481 e. The van der Waals surface area contributed by atoms with Crippen molar-refractivity contribution in [1.29, 1.82) is 0 Å². The first kappa shape index (κ1) is 11.9. The summed E-state index contributed by atoms with van der Waals surface area (Å²) in [5.41, 5.74) is 7.73. The van der Waals surface area contributed by atoms with E-state index in [1.807, 2.05) is 25.1 Å². The summed E-state index contributed by atoms with van der Waals surface area (Å²) >= 11 is 1.61. The summed E-state index contributed by atoms with van der Waals surface area (Å²) < 4.78 is 0. The third-order valence-corrected chi connectivity index (χ3v) is 3.12. The molecular weight excluding hydrogens is 210 g/mol. The molecule has 0 bridgehead atoms. The maximum absolute atomic E-state index is 10.3. The van der Waals surface area contributed by atoms with Crippen LogP contribution in [0.25, 0.3) is 0 Å².